The Morgan fingerprint density at radius 2 is 0.794 bits per heavy atom. The van der Waals surface area contributed by atoms with E-state index in [4.69, 9.17) is 42.6 Å². The lowest BCUT2D eigenvalue weighted by atomic mass is 9.62. The van der Waals surface area contributed by atoms with Crippen LogP contribution in [0, 0.1) is 195 Å². The summed E-state index contributed by atoms with van der Waals surface area (Å²) in [7, 11) is 0. The maximum absolute atomic E-state index is 12.7. The molecule has 18 fully saturated rings. The molecule has 17 heteroatoms. The quantitative estimate of drug-likeness (QED) is 0.107. The van der Waals surface area contributed by atoms with E-state index in [0.717, 1.165) is 178 Å². The minimum Gasteiger partial charge on any atom is -0.465 e. The van der Waals surface area contributed by atoms with Crippen molar-refractivity contribution in [3.05, 3.63) is 0 Å². The van der Waals surface area contributed by atoms with Crippen LogP contribution in [0.25, 0.3) is 0 Å². The zero-order valence-electron chi connectivity index (χ0n) is 68.5. The highest BCUT2D eigenvalue weighted by Gasteiger charge is 2.69. The molecule has 600 valence electrons. The Bertz CT molecular complexity index is 3280. The first kappa shape index (κ1) is 79.4. The molecule has 14 bridgehead atoms. The fourth-order valence-corrected chi connectivity index (χ4v) is 28.2. The number of carbonyl (C=O) groups excluding carboxylic acids is 8. The van der Waals surface area contributed by atoms with Crippen molar-refractivity contribution in [2.45, 2.75) is 300 Å². The largest absolute Gasteiger partial charge is 0.465 e. The summed E-state index contributed by atoms with van der Waals surface area (Å²) in [5.74, 6) is 20.0. The van der Waals surface area contributed by atoms with Crippen molar-refractivity contribution in [2.24, 2.45) is 195 Å². The zero-order chi connectivity index (χ0) is 76.6. The lowest BCUT2D eigenvalue weighted by Crippen LogP contribution is -2.44. The van der Waals surface area contributed by atoms with Crippen LogP contribution >= 0.6 is 0 Å². The molecule has 0 aromatic heterocycles. The van der Waals surface area contributed by atoms with Gasteiger partial charge in [0, 0.05) is 19.3 Å². The van der Waals surface area contributed by atoms with Gasteiger partial charge in [0.05, 0.1) is 55.8 Å². The molecule has 3 aliphatic heterocycles. The predicted octanol–water partition coefficient (Wildman–Crippen LogP) is 16.8. The average Bonchev–Trinajstić information content (AvgIpc) is 1.54. The maximum Gasteiger partial charge on any atom is 0.350 e. The van der Waals surface area contributed by atoms with Crippen molar-refractivity contribution in [3.63, 3.8) is 0 Å². The monoisotopic (exact) mass is 1490 g/mol. The molecule has 3 heterocycles. The van der Waals surface area contributed by atoms with E-state index in [9.17, 15) is 38.4 Å². The van der Waals surface area contributed by atoms with Crippen LogP contribution in [0.4, 0.5) is 0 Å². The van der Waals surface area contributed by atoms with E-state index in [1.165, 1.54) is 71.6 Å². The number of rotatable bonds is 11. The summed E-state index contributed by atoms with van der Waals surface area (Å²) in [6.45, 7) is 37.9. The number of fused-ring (bicyclic) bond motifs is 24. The SMILES string of the molecule is CC1C(C)C2CC1C1C3CC(C(=O)OC(C)(C)C)C(C3)C21.CC1C(C)C2CC1C1C3CC(C(=O)OC4CCCCO4)C(C3)C21.CC1C2CC(C(=O)OC(C)(C)C(=O)OC3CCOC3=O)C(C2)C1C.CC1C2CC(C(=O)OC3(C)CCCCC3)C(C2)C1C.CC1C2CC(C(=O)OC3(C)CCOC(=O)C3)C(C2)C1C. The molecule has 0 spiro atoms. The highest BCUT2D eigenvalue weighted by molar-refractivity contribution is 5.87. The van der Waals surface area contributed by atoms with Crippen LogP contribution in [0.2, 0.25) is 0 Å². The van der Waals surface area contributed by atoms with Gasteiger partial charge in [0.2, 0.25) is 18.0 Å². The van der Waals surface area contributed by atoms with Gasteiger partial charge in [-0.3, -0.25) is 28.8 Å². The van der Waals surface area contributed by atoms with E-state index in [1.807, 2.05) is 27.7 Å². The second kappa shape index (κ2) is 30.6. The minimum absolute atomic E-state index is 0.0426. The highest BCUT2D eigenvalue weighted by Crippen LogP contribution is 2.73. The van der Waals surface area contributed by atoms with E-state index in [0.29, 0.717) is 84.5 Å². The van der Waals surface area contributed by atoms with E-state index in [1.54, 1.807) is 0 Å². The first-order valence-corrected chi connectivity index (χ1v) is 43.8. The third-order valence-electron chi connectivity index (χ3n) is 34.7. The molecule has 18 aliphatic rings. The van der Waals surface area contributed by atoms with Gasteiger partial charge in [-0.2, -0.15) is 0 Å². The molecule has 0 amide bonds. The molecule has 15 saturated carbocycles. The van der Waals surface area contributed by atoms with Crippen molar-refractivity contribution >= 4 is 47.8 Å². The number of hydrogen-bond donors (Lipinski definition) is 0. The summed E-state index contributed by atoms with van der Waals surface area (Å²) < 4.78 is 49.1. The fourth-order valence-electron chi connectivity index (χ4n) is 28.2. The lowest BCUT2D eigenvalue weighted by Gasteiger charge is -2.43. The molecule has 0 N–H and O–H groups in total. The molecule has 17 nitrogen and oxygen atoms in total. The van der Waals surface area contributed by atoms with Gasteiger partial charge in [-0.1, -0.05) is 75.7 Å². The van der Waals surface area contributed by atoms with E-state index in [-0.39, 0.29) is 95.9 Å². The van der Waals surface area contributed by atoms with Crippen LogP contribution in [-0.2, 0) is 81.0 Å². The summed E-state index contributed by atoms with van der Waals surface area (Å²) in [6, 6.07) is 0. The van der Waals surface area contributed by atoms with Crippen LogP contribution in [0.3, 0.4) is 0 Å². The number of carbonyl (C=O) groups is 8. The van der Waals surface area contributed by atoms with Crippen molar-refractivity contribution in [1.82, 2.24) is 0 Å². The van der Waals surface area contributed by atoms with Gasteiger partial charge >= 0.3 is 47.8 Å². The molecular formula is C90H138O17. The summed E-state index contributed by atoms with van der Waals surface area (Å²) >= 11 is 0. The van der Waals surface area contributed by atoms with Crippen molar-refractivity contribution in [3.8, 4) is 0 Å². The molecule has 107 heavy (non-hydrogen) atoms. The van der Waals surface area contributed by atoms with E-state index >= 15 is 0 Å². The zero-order valence-corrected chi connectivity index (χ0v) is 68.5. The van der Waals surface area contributed by atoms with E-state index in [2.05, 4.69) is 76.2 Å². The Balaban J connectivity index is 0.000000112. The molecular weight excluding hydrogens is 1350 g/mol. The van der Waals surface area contributed by atoms with Crippen molar-refractivity contribution < 1.29 is 81.0 Å². The van der Waals surface area contributed by atoms with Gasteiger partial charge in [0.25, 0.3) is 0 Å². The molecule has 0 radical (unpaired) electrons. The molecule has 36 atom stereocenters. The normalized spacial score (nSPS) is 48.0. The number of cyclic esters (lactones) is 2. The first-order valence-electron chi connectivity index (χ1n) is 43.8. The molecule has 15 aliphatic carbocycles. The number of hydrogen-bond acceptors (Lipinski definition) is 17. The van der Waals surface area contributed by atoms with Crippen molar-refractivity contribution in [2.75, 3.05) is 19.8 Å². The third kappa shape index (κ3) is 15.2. The summed E-state index contributed by atoms with van der Waals surface area (Å²) in [6.07, 6.45) is 23.1. The summed E-state index contributed by atoms with van der Waals surface area (Å²) in [4.78, 5) is 98.0. The molecule has 0 aromatic carbocycles. The minimum atomic E-state index is -1.41. The Labute approximate surface area is 640 Å². The van der Waals surface area contributed by atoms with Gasteiger partial charge in [0.15, 0.2) is 0 Å². The van der Waals surface area contributed by atoms with Crippen LogP contribution in [-0.4, -0.2) is 102 Å². The Kier molecular flexibility index (Phi) is 22.7. The number of esters is 8. The van der Waals surface area contributed by atoms with Crippen LogP contribution in [0.1, 0.15) is 265 Å². The fraction of sp³-hybridized carbons (Fsp3) is 0.911. The smallest absolute Gasteiger partial charge is 0.350 e. The van der Waals surface area contributed by atoms with Crippen LogP contribution in [0.15, 0.2) is 0 Å². The average molecular weight is 1490 g/mol. The predicted molar refractivity (Wildman–Crippen MR) is 401 cm³/mol. The highest BCUT2D eigenvalue weighted by atomic mass is 16.7. The molecule has 36 unspecified atom stereocenters. The van der Waals surface area contributed by atoms with Crippen LogP contribution < -0.4 is 0 Å². The topological polar surface area (TPSA) is 220 Å². The van der Waals surface area contributed by atoms with Gasteiger partial charge < -0.3 is 42.6 Å². The second-order valence-corrected chi connectivity index (χ2v) is 41.5. The maximum atomic E-state index is 12.7. The Hall–Kier alpha value is -4.28. The Morgan fingerprint density at radius 1 is 0.374 bits per heavy atom. The van der Waals surface area contributed by atoms with Crippen LogP contribution in [0.5, 0.6) is 0 Å². The third-order valence-corrected chi connectivity index (χ3v) is 34.7. The van der Waals surface area contributed by atoms with E-state index < -0.39 is 29.2 Å². The van der Waals surface area contributed by atoms with Gasteiger partial charge in [0.1, 0.15) is 16.8 Å². The van der Waals surface area contributed by atoms with Gasteiger partial charge in [-0.25, -0.2) is 9.59 Å². The number of ether oxygens (including phenoxy) is 9. The first-order chi connectivity index (χ1) is 50.5. The molecule has 3 saturated heterocycles. The van der Waals surface area contributed by atoms with Gasteiger partial charge in [-0.05, 0) is 330 Å². The standard InChI is InChI=1S/C20H30O3.C19H30O2.C18H26O6.C17H28O2.C16H24O4/c1-10-11(2)14-9-13(10)18-12-7-15(19(14)18)16(8-12)20(21)23-17-5-3-4-6-22-17;1-9-10(2)13-8-12(9)16-11-6-14(17(13)16)15(7-11)18(20)21-19(3,4)5;1-9-10(2)12-7-11(9)8-13(12)15(19)24-18(3,4)17(21)23-14-5-6-22-16(14)20;1-11-12(2)14-9-13(11)10-15(14)16(18)19-17(3)7-5-4-6-8-17;1-9-10(2)12-6-11(9)7-13(12)15(18)20-16(3)4-5-19-14(17)8-16/h10-19H,3-9H2,1-2H3;9-17H,6-8H2,1-5H3;9-14H,5-8H2,1-4H3;11-15H,4-10H2,1-3H3;9-13H,4-8H2,1-3H3. The molecule has 0 aromatic rings. The Morgan fingerprint density at radius 3 is 1.22 bits per heavy atom. The summed E-state index contributed by atoms with van der Waals surface area (Å²) in [5, 5.41) is 0. The molecule has 18 rings (SSSR count). The lowest BCUT2D eigenvalue weighted by molar-refractivity contribution is -0.194. The second-order valence-electron chi connectivity index (χ2n) is 41.5. The summed E-state index contributed by atoms with van der Waals surface area (Å²) in [5.41, 5.74) is -2.57. The van der Waals surface area contributed by atoms with Crippen molar-refractivity contribution in [1.29, 1.82) is 0 Å². The van der Waals surface area contributed by atoms with Gasteiger partial charge in [-0.15, -0.1) is 0 Å².